The van der Waals surface area contributed by atoms with Crippen molar-refractivity contribution in [2.24, 2.45) is 0 Å². The molecule has 4 nitrogen and oxygen atoms in total. The van der Waals surface area contributed by atoms with Crippen LogP contribution in [0.25, 0.3) is 0 Å². The van der Waals surface area contributed by atoms with Crippen LogP contribution in [0.1, 0.15) is 37.2 Å². The Kier molecular flexibility index (Phi) is 3.26. The topological polar surface area (TPSA) is 80.9 Å². The van der Waals surface area contributed by atoms with E-state index in [9.17, 15) is 20.4 Å². The van der Waals surface area contributed by atoms with Gasteiger partial charge < -0.3 is 20.4 Å². The van der Waals surface area contributed by atoms with Gasteiger partial charge >= 0.3 is 0 Å². The Balaban J connectivity index is 2.28. The molecular weight excluding hydrogens is 220 g/mol. The van der Waals surface area contributed by atoms with Gasteiger partial charge in [-0.3, -0.25) is 0 Å². The molecule has 2 atom stereocenters. The van der Waals surface area contributed by atoms with Gasteiger partial charge in [-0.05, 0) is 43.7 Å². The molecule has 0 heterocycles. The van der Waals surface area contributed by atoms with Crippen LogP contribution in [0.3, 0.4) is 0 Å². The normalized spacial score (nSPS) is 29.2. The number of aliphatic hydroxyl groups excluding tert-OH is 1. The van der Waals surface area contributed by atoms with E-state index in [1.807, 2.05) is 0 Å². The molecule has 2 unspecified atom stereocenters. The summed E-state index contributed by atoms with van der Waals surface area (Å²) in [6, 6.07) is 4.64. The van der Waals surface area contributed by atoms with Crippen LogP contribution < -0.4 is 0 Å². The second-order valence-electron chi connectivity index (χ2n) is 4.89. The van der Waals surface area contributed by atoms with Crippen molar-refractivity contribution in [2.45, 2.75) is 37.2 Å². The summed E-state index contributed by atoms with van der Waals surface area (Å²) in [7, 11) is 0. The molecule has 4 N–H and O–H groups in total. The van der Waals surface area contributed by atoms with Gasteiger partial charge in [0.25, 0.3) is 0 Å². The molecule has 0 saturated heterocycles. The average molecular weight is 238 g/mol. The van der Waals surface area contributed by atoms with Gasteiger partial charge in [0.15, 0.2) is 0 Å². The minimum absolute atomic E-state index is 0.0530. The molecule has 1 saturated carbocycles. The molecule has 0 aliphatic heterocycles. The van der Waals surface area contributed by atoms with Crippen LogP contribution in [0.5, 0.6) is 11.5 Å². The fourth-order valence-corrected chi connectivity index (χ4v) is 2.69. The lowest BCUT2D eigenvalue weighted by Crippen LogP contribution is -2.38. The highest BCUT2D eigenvalue weighted by Gasteiger charge is 2.36. The predicted molar refractivity (Wildman–Crippen MR) is 63.0 cm³/mol. The first-order valence-corrected chi connectivity index (χ1v) is 5.90. The third kappa shape index (κ3) is 2.37. The van der Waals surface area contributed by atoms with E-state index in [1.54, 1.807) is 6.07 Å². The summed E-state index contributed by atoms with van der Waals surface area (Å²) in [6.45, 7) is -0.280. The second-order valence-corrected chi connectivity index (χ2v) is 4.89. The van der Waals surface area contributed by atoms with Crippen molar-refractivity contribution in [3.8, 4) is 11.5 Å². The van der Waals surface area contributed by atoms with E-state index in [0.29, 0.717) is 18.4 Å². The zero-order valence-electron chi connectivity index (χ0n) is 9.63. The maximum Gasteiger partial charge on any atom is 0.122 e. The molecule has 0 spiro atoms. The predicted octanol–water partition coefficient (Wildman–Crippen LogP) is 1.48. The first kappa shape index (κ1) is 12.2. The molecule has 0 amide bonds. The number of phenolic OH excluding ortho intramolecular Hbond substituents is 2. The summed E-state index contributed by atoms with van der Waals surface area (Å²) >= 11 is 0. The van der Waals surface area contributed by atoms with E-state index in [2.05, 4.69) is 0 Å². The van der Waals surface area contributed by atoms with Crippen LogP contribution in [0.4, 0.5) is 0 Å². The van der Waals surface area contributed by atoms with Crippen LogP contribution in [-0.4, -0.2) is 32.6 Å². The fraction of sp³-hybridized carbons (Fsp3) is 0.538. The summed E-state index contributed by atoms with van der Waals surface area (Å²) in [5.74, 6) is -0.00326. The quantitative estimate of drug-likeness (QED) is 0.629. The Morgan fingerprint density at radius 2 is 1.88 bits per heavy atom. The Morgan fingerprint density at radius 1 is 1.24 bits per heavy atom. The number of aromatic hydroxyl groups is 2. The van der Waals surface area contributed by atoms with Crippen molar-refractivity contribution in [3.05, 3.63) is 23.8 Å². The first-order valence-electron chi connectivity index (χ1n) is 5.90. The molecule has 0 aromatic heterocycles. The summed E-state index contributed by atoms with van der Waals surface area (Å²) < 4.78 is 0. The lowest BCUT2D eigenvalue weighted by molar-refractivity contribution is -0.0480. The van der Waals surface area contributed by atoms with Gasteiger partial charge in [-0.1, -0.05) is 6.07 Å². The minimum atomic E-state index is -1.09. The van der Waals surface area contributed by atoms with Crippen molar-refractivity contribution < 1.29 is 20.4 Å². The third-order valence-corrected chi connectivity index (χ3v) is 3.58. The number of hydrogen-bond acceptors (Lipinski definition) is 4. The molecule has 1 aliphatic rings. The summed E-state index contributed by atoms with van der Waals surface area (Å²) in [4.78, 5) is 0. The molecule has 2 rings (SSSR count). The molecule has 17 heavy (non-hydrogen) atoms. The molecular formula is C13H18O4. The molecule has 0 bridgehead atoms. The van der Waals surface area contributed by atoms with Crippen molar-refractivity contribution in [1.82, 2.24) is 0 Å². The molecule has 0 radical (unpaired) electrons. The van der Waals surface area contributed by atoms with Gasteiger partial charge in [0.2, 0.25) is 0 Å². The lowest BCUT2D eigenvalue weighted by Gasteiger charge is -2.35. The van der Waals surface area contributed by atoms with E-state index >= 15 is 0 Å². The maximum atomic E-state index is 10.1. The molecule has 1 fully saturated rings. The standard InChI is InChI=1S/C13H18O4/c14-8-13(17)6-2-3-9(7-13)12-10(15)4-1-5-11(12)16/h1,4-5,9,14-17H,2-3,6-8H2. The monoisotopic (exact) mass is 238 g/mol. The van der Waals surface area contributed by atoms with E-state index in [0.717, 1.165) is 12.8 Å². The number of phenols is 2. The summed E-state index contributed by atoms with van der Waals surface area (Å²) in [5, 5.41) is 38.8. The molecule has 94 valence electrons. The summed E-state index contributed by atoms with van der Waals surface area (Å²) in [5.41, 5.74) is -0.600. The van der Waals surface area contributed by atoms with Crippen molar-refractivity contribution in [3.63, 3.8) is 0 Å². The van der Waals surface area contributed by atoms with Gasteiger partial charge in [0.05, 0.1) is 12.2 Å². The van der Waals surface area contributed by atoms with Crippen molar-refractivity contribution in [2.75, 3.05) is 6.61 Å². The van der Waals surface area contributed by atoms with Crippen LogP contribution in [-0.2, 0) is 0 Å². The van der Waals surface area contributed by atoms with Gasteiger partial charge in [-0.2, -0.15) is 0 Å². The number of aliphatic hydroxyl groups is 2. The smallest absolute Gasteiger partial charge is 0.122 e. The highest BCUT2D eigenvalue weighted by atomic mass is 16.3. The number of rotatable bonds is 2. The van der Waals surface area contributed by atoms with Crippen molar-refractivity contribution in [1.29, 1.82) is 0 Å². The van der Waals surface area contributed by atoms with E-state index < -0.39 is 5.60 Å². The van der Waals surface area contributed by atoms with Crippen LogP contribution in [0.15, 0.2) is 18.2 Å². The third-order valence-electron chi connectivity index (χ3n) is 3.58. The lowest BCUT2D eigenvalue weighted by atomic mass is 9.75. The molecule has 1 aromatic carbocycles. The Morgan fingerprint density at radius 3 is 2.47 bits per heavy atom. The van der Waals surface area contributed by atoms with E-state index in [1.165, 1.54) is 12.1 Å². The maximum absolute atomic E-state index is 10.1. The Bertz CT molecular complexity index is 384. The van der Waals surface area contributed by atoms with E-state index in [4.69, 9.17) is 0 Å². The largest absolute Gasteiger partial charge is 0.508 e. The second kappa shape index (κ2) is 4.55. The van der Waals surface area contributed by atoms with E-state index in [-0.39, 0.29) is 24.0 Å². The van der Waals surface area contributed by atoms with Crippen LogP contribution >= 0.6 is 0 Å². The number of hydrogen-bond donors (Lipinski definition) is 4. The van der Waals surface area contributed by atoms with Gasteiger partial charge in [0, 0.05) is 5.56 Å². The van der Waals surface area contributed by atoms with Gasteiger partial charge in [0.1, 0.15) is 11.5 Å². The summed E-state index contributed by atoms with van der Waals surface area (Å²) in [6.07, 6.45) is 2.51. The zero-order chi connectivity index (χ0) is 12.5. The number of benzene rings is 1. The van der Waals surface area contributed by atoms with Crippen LogP contribution in [0, 0.1) is 0 Å². The molecule has 1 aromatic rings. The fourth-order valence-electron chi connectivity index (χ4n) is 2.69. The molecule has 1 aliphatic carbocycles. The first-order chi connectivity index (χ1) is 8.06. The average Bonchev–Trinajstić information content (AvgIpc) is 2.29. The minimum Gasteiger partial charge on any atom is -0.508 e. The molecule has 4 heteroatoms. The van der Waals surface area contributed by atoms with Gasteiger partial charge in [-0.15, -0.1) is 0 Å². The Labute approximate surface area is 100 Å². The highest BCUT2D eigenvalue weighted by Crippen LogP contribution is 2.44. The van der Waals surface area contributed by atoms with Gasteiger partial charge in [-0.25, -0.2) is 0 Å². The van der Waals surface area contributed by atoms with Crippen molar-refractivity contribution >= 4 is 0 Å². The highest BCUT2D eigenvalue weighted by molar-refractivity contribution is 5.45. The SMILES string of the molecule is OCC1(O)CCCC(c2c(O)cccc2O)C1. The van der Waals surface area contributed by atoms with Crippen LogP contribution in [0.2, 0.25) is 0 Å². The Hall–Kier alpha value is -1.26. The zero-order valence-corrected chi connectivity index (χ0v) is 9.63.